The van der Waals surface area contributed by atoms with Crippen molar-refractivity contribution in [1.82, 2.24) is 4.98 Å². The molecule has 0 spiro atoms. The van der Waals surface area contributed by atoms with Crippen LogP contribution >= 0.6 is 0 Å². The minimum atomic E-state index is -5.06. The molecule has 4 nitrogen and oxygen atoms in total. The third-order valence-electron chi connectivity index (χ3n) is 3.77. The van der Waals surface area contributed by atoms with Crippen LogP contribution in [0, 0.1) is 17.1 Å². The van der Waals surface area contributed by atoms with Gasteiger partial charge in [-0.25, -0.2) is 18.2 Å². The molecular weight excluding hydrogens is 366 g/mol. The van der Waals surface area contributed by atoms with E-state index < -0.39 is 53.0 Å². The average molecular weight is 374 g/mol. The zero-order valence-electron chi connectivity index (χ0n) is 12.6. The zero-order chi connectivity index (χ0) is 19.2. The van der Waals surface area contributed by atoms with Crippen molar-refractivity contribution in [3.05, 3.63) is 52.6 Å². The largest absolute Gasteiger partial charge is 0.455 e. The van der Waals surface area contributed by atoms with E-state index in [1.165, 1.54) is 0 Å². The summed E-state index contributed by atoms with van der Waals surface area (Å²) >= 11 is 0. The van der Waals surface area contributed by atoms with Gasteiger partial charge in [-0.05, 0) is 12.1 Å². The van der Waals surface area contributed by atoms with Crippen molar-refractivity contribution in [1.29, 1.82) is 5.26 Å². The molecule has 1 aliphatic carbocycles. The van der Waals surface area contributed by atoms with Gasteiger partial charge in [0.05, 0.1) is 17.8 Å². The van der Waals surface area contributed by atoms with Crippen molar-refractivity contribution in [2.75, 3.05) is 0 Å². The third kappa shape index (κ3) is 2.94. The van der Waals surface area contributed by atoms with Crippen molar-refractivity contribution < 1.29 is 36.2 Å². The van der Waals surface area contributed by atoms with Crippen LogP contribution in [0.15, 0.2) is 24.4 Å². The van der Waals surface area contributed by atoms with E-state index in [4.69, 9.17) is 10.00 Å². The fraction of sp³-hybridized carbons (Fsp3) is 0.250. The van der Waals surface area contributed by atoms with Crippen LogP contribution in [0.3, 0.4) is 0 Å². The summed E-state index contributed by atoms with van der Waals surface area (Å²) in [5, 5.41) is 18.5. The minimum absolute atomic E-state index is 0.156. The van der Waals surface area contributed by atoms with Crippen molar-refractivity contribution in [2.45, 2.75) is 24.6 Å². The molecule has 0 fully saturated rings. The molecular formula is C16H8F6N2O2. The van der Waals surface area contributed by atoms with Crippen LogP contribution in [-0.2, 0) is 6.18 Å². The van der Waals surface area contributed by atoms with E-state index in [9.17, 15) is 31.4 Å². The maximum Gasteiger partial charge on any atom is 0.433 e. The lowest BCUT2D eigenvalue weighted by atomic mass is 10.1. The maximum absolute atomic E-state index is 14.2. The van der Waals surface area contributed by atoms with E-state index in [1.807, 2.05) is 0 Å². The molecule has 0 aliphatic heterocycles. The SMILES string of the molecule is N#Cc1cc(F)cc(Oc2cnc(C(F)(F)F)c3c2C(F)C(F)C3O)c1. The number of nitriles is 1. The van der Waals surface area contributed by atoms with Gasteiger partial charge >= 0.3 is 6.18 Å². The van der Waals surface area contributed by atoms with Gasteiger partial charge in [0, 0.05) is 17.2 Å². The molecule has 136 valence electrons. The number of hydrogen-bond acceptors (Lipinski definition) is 4. The third-order valence-corrected chi connectivity index (χ3v) is 3.77. The molecule has 0 bridgehead atoms. The van der Waals surface area contributed by atoms with Crippen LogP contribution in [-0.4, -0.2) is 16.3 Å². The van der Waals surface area contributed by atoms with Gasteiger partial charge in [-0.2, -0.15) is 18.4 Å². The molecule has 1 aromatic heterocycles. The van der Waals surface area contributed by atoms with Gasteiger partial charge in [0.2, 0.25) is 0 Å². The van der Waals surface area contributed by atoms with Crippen LogP contribution in [0.5, 0.6) is 11.5 Å². The molecule has 0 saturated heterocycles. The van der Waals surface area contributed by atoms with Crippen LogP contribution in [0.25, 0.3) is 0 Å². The lowest BCUT2D eigenvalue weighted by molar-refractivity contribution is -0.143. The highest BCUT2D eigenvalue weighted by atomic mass is 19.4. The highest BCUT2D eigenvalue weighted by Gasteiger charge is 2.50. The van der Waals surface area contributed by atoms with Crippen molar-refractivity contribution in [3.63, 3.8) is 0 Å². The van der Waals surface area contributed by atoms with Crippen LogP contribution in [0.4, 0.5) is 26.3 Å². The van der Waals surface area contributed by atoms with E-state index in [1.54, 1.807) is 6.07 Å². The number of aromatic nitrogens is 1. The Bertz CT molecular complexity index is 909. The summed E-state index contributed by atoms with van der Waals surface area (Å²) < 4.78 is 85.7. The summed E-state index contributed by atoms with van der Waals surface area (Å²) in [6.45, 7) is 0. The first kappa shape index (κ1) is 18.0. The number of nitrogens with zero attached hydrogens (tertiary/aromatic N) is 2. The fourth-order valence-corrected chi connectivity index (χ4v) is 2.71. The van der Waals surface area contributed by atoms with E-state index in [-0.39, 0.29) is 11.3 Å². The number of fused-ring (bicyclic) bond motifs is 1. The Balaban J connectivity index is 2.14. The average Bonchev–Trinajstić information content (AvgIpc) is 2.79. The van der Waals surface area contributed by atoms with Crippen molar-refractivity contribution in [3.8, 4) is 17.6 Å². The highest BCUT2D eigenvalue weighted by Crippen LogP contribution is 2.51. The predicted octanol–water partition coefficient (Wildman–Crippen LogP) is 4.30. The molecule has 3 atom stereocenters. The first-order valence-corrected chi connectivity index (χ1v) is 7.08. The minimum Gasteiger partial charge on any atom is -0.455 e. The Morgan fingerprint density at radius 2 is 1.85 bits per heavy atom. The second-order valence-electron chi connectivity index (χ2n) is 5.48. The fourth-order valence-electron chi connectivity index (χ4n) is 2.71. The van der Waals surface area contributed by atoms with Crippen molar-refractivity contribution in [2.24, 2.45) is 0 Å². The summed E-state index contributed by atoms with van der Waals surface area (Å²) in [5.41, 5.74) is -3.70. The van der Waals surface area contributed by atoms with Gasteiger partial charge in [-0.15, -0.1) is 0 Å². The molecule has 0 amide bonds. The van der Waals surface area contributed by atoms with Crippen LogP contribution in [0.2, 0.25) is 0 Å². The maximum atomic E-state index is 14.2. The number of aliphatic hydroxyl groups excluding tert-OH is 1. The zero-order valence-corrected chi connectivity index (χ0v) is 12.6. The molecule has 1 N–H and O–H groups in total. The highest BCUT2D eigenvalue weighted by molar-refractivity contribution is 5.51. The van der Waals surface area contributed by atoms with Gasteiger partial charge in [-0.1, -0.05) is 0 Å². The van der Waals surface area contributed by atoms with Gasteiger partial charge in [0.25, 0.3) is 0 Å². The van der Waals surface area contributed by atoms with Gasteiger partial charge in [-0.3, -0.25) is 0 Å². The summed E-state index contributed by atoms with van der Waals surface area (Å²) in [7, 11) is 0. The van der Waals surface area contributed by atoms with E-state index in [0.29, 0.717) is 6.20 Å². The van der Waals surface area contributed by atoms with E-state index in [0.717, 1.165) is 18.2 Å². The second-order valence-corrected chi connectivity index (χ2v) is 5.48. The molecule has 26 heavy (non-hydrogen) atoms. The van der Waals surface area contributed by atoms with E-state index in [2.05, 4.69) is 4.98 Å². The Hall–Kier alpha value is -2.80. The second kappa shape index (κ2) is 6.17. The Labute approximate surface area is 142 Å². The lowest BCUT2D eigenvalue weighted by Crippen LogP contribution is -2.16. The number of hydrogen-bond donors (Lipinski definition) is 1. The Kier molecular flexibility index (Phi) is 4.28. The monoisotopic (exact) mass is 374 g/mol. The summed E-state index contributed by atoms with van der Waals surface area (Å²) in [6.07, 6.45) is -12.2. The number of ether oxygens (including phenoxy) is 1. The topological polar surface area (TPSA) is 66.1 Å². The Morgan fingerprint density at radius 3 is 2.46 bits per heavy atom. The predicted molar refractivity (Wildman–Crippen MR) is 74.1 cm³/mol. The number of rotatable bonds is 2. The van der Waals surface area contributed by atoms with E-state index >= 15 is 0 Å². The lowest BCUT2D eigenvalue weighted by Gasteiger charge is -2.16. The molecule has 3 unspecified atom stereocenters. The number of aliphatic hydroxyl groups is 1. The number of halogens is 6. The smallest absolute Gasteiger partial charge is 0.433 e. The number of benzene rings is 1. The molecule has 0 radical (unpaired) electrons. The molecule has 0 saturated carbocycles. The molecule has 1 aliphatic rings. The number of alkyl halides is 5. The Morgan fingerprint density at radius 1 is 1.15 bits per heavy atom. The van der Waals surface area contributed by atoms with Gasteiger partial charge < -0.3 is 9.84 Å². The summed E-state index contributed by atoms with van der Waals surface area (Å²) in [4.78, 5) is 3.10. The van der Waals surface area contributed by atoms with Crippen LogP contribution < -0.4 is 4.74 Å². The molecule has 1 aromatic carbocycles. The number of pyridine rings is 1. The summed E-state index contributed by atoms with van der Waals surface area (Å²) in [5.74, 6) is -1.82. The quantitative estimate of drug-likeness (QED) is 0.796. The van der Waals surface area contributed by atoms with Crippen molar-refractivity contribution >= 4 is 0 Å². The standard InChI is InChI=1S/C16H8F6N2O2/c17-7-1-6(4-23)2-8(3-7)26-9-5-24-15(16(20,21)22)11-10(9)12(18)13(19)14(11)25/h1-3,5,12-14,25H. The van der Waals surface area contributed by atoms with Gasteiger partial charge in [0.1, 0.15) is 17.7 Å². The molecule has 3 rings (SSSR count). The van der Waals surface area contributed by atoms with Gasteiger partial charge in [0.15, 0.2) is 23.8 Å². The molecule has 1 heterocycles. The summed E-state index contributed by atoms with van der Waals surface area (Å²) in [6, 6.07) is 4.37. The molecule has 2 aromatic rings. The van der Waals surface area contributed by atoms with Crippen LogP contribution in [0.1, 0.15) is 34.7 Å². The first-order chi connectivity index (χ1) is 12.1. The molecule has 10 heteroatoms. The normalized spacial score (nSPS) is 22.0. The first-order valence-electron chi connectivity index (χ1n) is 7.08.